The number of carbonyl (C=O) groups excluding carboxylic acids is 1. The topological polar surface area (TPSA) is 54.4 Å². The molecule has 0 fully saturated rings. The largest absolute Gasteiger partial charge is 0.490 e. The van der Waals surface area contributed by atoms with E-state index >= 15 is 0 Å². The molecule has 1 aromatic carbocycles. The highest BCUT2D eigenvalue weighted by Gasteiger charge is 2.38. The van der Waals surface area contributed by atoms with E-state index < -0.39 is 12.1 Å². The van der Waals surface area contributed by atoms with Gasteiger partial charge in [-0.3, -0.25) is 4.79 Å². The lowest BCUT2D eigenvalue weighted by molar-refractivity contribution is -0.192. The predicted octanol–water partition coefficient (Wildman–Crippen LogP) is 2.13. The summed E-state index contributed by atoms with van der Waals surface area (Å²) in [6.07, 6.45) is -4.25. The zero-order chi connectivity index (χ0) is 11.9. The van der Waals surface area contributed by atoms with Crippen LogP contribution in [0.2, 0.25) is 0 Å². The van der Waals surface area contributed by atoms with Gasteiger partial charge < -0.3 is 5.11 Å². The average molecular weight is 220 g/mol. The van der Waals surface area contributed by atoms with Crippen molar-refractivity contribution in [2.24, 2.45) is 0 Å². The van der Waals surface area contributed by atoms with Crippen LogP contribution in [-0.4, -0.2) is 23.5 Å². The zero-order valence-corrected chi connectivity index (χ0v) is 7.36. The summed E-state index contributed by atoms with van der Waals surface area (Å²) in [6, 6.07) is 9.10. The van der Waals surface area contributed by atoms with Crippen LogP contribution in [0.25, 0.3) is 0 Å². The van der Waals surface area contributed by atoms with Crippen molar-refractivity contribution in [2.75, 3.05) is 0 Å². The molecule has 15 heavy (non-hydrogen) atoms. The van der Waals surface area contributed by atoms with Gasteiger partial charge >= 0.3 is 12.1 Å². The van der Waals surface area contributed by atoms with Crippen LogP contribution in [0.5, 0.6) is 0 Å². The van der Waals surface area contributed by atoms with Crippen molar-refractivity contribution < 1.29 is 27.9 Å². The van der Waals surface area contributed by atoms with Gasteiger partial charge in [0.2, 0.25) is 0 Å². The summed E-state index contributed by atoms with van der Waals surface area (Å²) in [7, 11) is 0. The first-order valence-electron chi connectivity index (χ1n) is 3.68. The molecule has 0 spiro atoms. The number of carbonyl (C=O) groups is 2. The minimum Gasteiger partial charge on any atom is -0.475 e. The molecule has 0 amide bonds. The molecular formula is C9H7F3O3. The number of halogens is 3. The Morgan fingerprint density at radius 3 is 1.80 bits per heavy atom. The quantitative estimate of drug-likeness (QED) is 0.737. The molecule has 3 nitrogen and oxygen atoms in total. The predicted molar refractivity (Wildman–Crippen MR) is 45.5 cm³/mol. The van der Waals surface area contributed by atoms with E-state index in [2.05, 4.69) is 0 Å². The fourth-order valence-corrected chi connectivity index (χ4v) is 0.532. The van der Waals surface area contributed by atoms with Crippen LogP contribution in [0.3, 0.4) is 0 Å². The van der Waals surface area contributed by atoms with Crippen molar-refractivity contribution in [2.45, 2.75) is 6.18 Å². The second-order valence-corrected chi connectivity index (χ2v) is 2.33. The van der Waals surface area contributed by atoms with Gasteiger partial charge in [0, 0.05) is 5.56 Å². The van der Waals surface area contributed by atoms with Gasteiger partial charge in [-0.25, -0.2) is 4.79 Å². The van der Waals surface area contributed by atoms with Crippen molar-refractivity contribution in [1.29, 1.82) is 0 Å². The van der Waals surface area contributed by atoms with E-state index in [9.17, 15) is 18.0 Å². The molecule has 0 unspecified atom stereocenters. The minimum absolute atomic E-state index is 0.729. The van der Waals surface area contributed by atoms with Crippen LogP contribution in [0.1, 0.15) is 10.4 Å². The number of benzene rings is 1. The van der Waals surface area contributed by atoms with E-state index in [0.717, 1.165) is 11.8 Å². The molecule has 0 saturated heterocycles. The Hall–Kier alpha value is -1.85. The molecule has 1 aromatic rings. The monoisotopic (exact) mass is 220 g/mol. The highest BCUT2D eigenvalue weighted by molar-refractivity contribution is 5.74. The van der Waals surface area contributed by atoms with Gasteiger partial charge in [0.25, 0.3) is 0 Å². The molecule has 82 valence electrons. The van der Waals surface area contributed by atoms with Crippen molar-refractivity contribution in [3.63, 3.8) is 0 Å². The van der Waals surface area contributed by atoms with Crippen molar-refractivity contribution in [3.05, 3.63) is 35.9 Å². The lowest BCUT2D eigenvalue weighted by Gasteiger charge is -1.93. The smallest absolute Gasteiger partial charge is 0.475 e. The molecule has 0 aliphatic rings. The molecule has 0 radical (unpaired) electrons. The van der Waals surface area contributed by atoms with Gasteiger partial charge in [0.15, 0.2) is 0 Å². The second kappa shape index (κ2) is 5.79. The normalized spacial score (nSPS) is 9.80. The van der Waals surface area contributed by atoms with Crippen LogP contribution in [0.15, 0.2) is 30.3 Å². The molecule has 6 heteroatoms. The van der Waals surface area contributed by atoms with Gasteiger partial charge in [-0.15, -0.1) is 0 Å². The Morgan fingerprint density at radius 2 is 1.60 bits per heavy atom. The first-order chi connectivity index (χ1) is 6.88. The molecule has 0 aliphatic carbocycles. The number of carboxylic acid groups (broad SMARTS) is 1. The standard InChI is InChI=1S/C7H6O.C2HF3O2/c8-6-7-4-2-1-3-5-7;3-2(4,5)1(6)7/h1-6H;(H,6,7). The lowest BCUT2D eigenvalue weighted by atomic mass is 10.2. The summed E-state index contributed by atoms with van der Waals surface area (Å²) in [6.45, 7) is 0. The molecule has 0 bridgehead atoms. The summed E-state index contributed by atoms with van der Waals surface area (Å²) in [5, 5.41) is 7.12. The van der Waals surface area contributed by atoms with Gasteiger partial charge in [0.1, 0.15) is 6.29 Å². The van der Waals surface area contributed by atoms with Crippen molar-refractivity contribution in [3.8, 4) is 0 Å². The molecule has 0 aliphatic heterocycles. The first-order valence-corrected chi connectivity index (χ1v) is 3.68. The third kappa shape index (κ3) is 6.25. The van der Waals surface area contributed by atoms with Crippen LogP contribution in [0, 0.1) is 0 Å². The summed E-state index contributed by atoms with van der Waals surface area (Å²) in [4.78, 5) is 18.9. The van der Waals surface area contributed by atoms with Crippen molar-refractivity contribution >= 4 is 12.3 Å². The Balaban J connectivity index is 0.000000265. The minimum atomic E-state index is -5.08. The second-order valence-electron chi connectivity index (χ2n) is 2.33. The van der Waals surface area contributed by atoms with Gasteiger partial charge in [-0.05, 0) is 0 Å². The fraction of sp³-hybridized carbons (Fsp3) is 0.111. The number of aldehydes is 1. The zero-order valence-electron chi connectivity index (χ0n) is 7.36. The summed E-state index contributed by atoms with van der Waals surface area (Å²) in [5.41, 5.74) is 0.729. The maximum Gasteiger partial charge on any atom is 0.490 e. The van der Waals surface area contributed by atoms with Gasteiger partial charge in [-0.2, -0.15) is 13.2 Å². The molecule has 0 atom stereocenters. The molecule has 0 heterocycles. The number of hydrogen-bond acceptors (Lipinski definition) is 2. The SMILES string of the molecule is O=C(O)C(F)(F)F.O=Cc1ccccc1. The Bertz CT molecular complexity index is 319. The van der Waals surface area contributed by atoms with E-state index in [0.29, 0.717) is 0 Å². The average Bonchev–Trinajstić information content (AvgIpc) is 2.18. The molecule has 0 saturated carbocycles. The molecule has 1 N–H and O–H groups in total. The highest BCUT2D eigenvalue weighted by atomic mass is 19.4. The first kappa shape index (κ1) is 13.2. The maximum atomic E-state index is 10.6. The Kier molecular flexibility index (Phi) is 5.08. The van der Waals surface area contributed by atoms with Gasteiger partial charge in [0.05, 0.1) is 0 Å². The molecule has 1 rings (SSSR count). The fourth-order valence-electron chi connectivity index (χ4n) is 0.532. The Morgan fingerprint density at radius 1 is 1.20 bits per heavy atom. The molecule has 0 aromatic heterocycles. The Labute approximate surface area is 83.1 Å². The van der Waals surface area contributed by atoms with E-state index in [-0.39, 0.29) is 0 Å². The van der Waals surface area contributed by atoms with Crippen LogP contribution < -0.4 is 0 Å². The number of alkyl halides is 3. The third-order valence-corrected chi connectivity index (χ3v) is 1.18. The maximum absolute atomic E-state index is 10.6. The lowest BCUT2D eigenvalue weighted by Crippen LogP contribution is -2.21. The summed E-state index contributed by atoms with van der Waals surface area (Å²) >= 11 is 0. The highest BCUT2D eigenvalue weighted by Crippen LogP contribution is 2.13. The van der Waals surface area contributed by atoms with Gasteiger partial charge in [-0.1, -0.05) is 30.3 Å². The van der Waals surface area contributed by atoms with E-state index in [1.807, 2.05) is 18.2 Å². The van der Waals surface area contributed by atoms with Crippen LogP contribution in [0.4, 0.5) is 13.2 Å². The number of carboxylic acids is 1. The van der Waals surface area contributed by atoms with E-state index in [4.69, 9.17) is 9.90 Å². The van der Waals surface area contributed by atoms with Crippen molar-refractivity contribution in [1.82, 2.24) is 0 Å². The summed E-state index contributed by atoms with van der Waals surface area (Å²) in [5.74, 6) is -2.76. The summed E-state index contributed by atoms with van der Waals surface area (Å²) < 4.78 is 31.7. The third-order valence-electron chi connectivity index (χ3n) is 1.18. The number of aliphatic carboxylic acids is 1. The molecular weight excluding hydrogens is 213 g/mol. The van der Waals surface area contributed by atoms with Crippen LogP contribution in [-0.2, 0) is 4.79 Å². The van der Waals surface area contributed by atoms with Crippen LogP contribution >= 0.6 is 0 Å². The number of hydrogen-bond donors (Lipinski definition) is 1. The number of rotatable bonds is 1. The van der Waals surface area contributed by atoms with E-state index in [1.165, 1.54) is 0 Å². The van der Waals surface area contributed by atoms with E-state index in [1.54, 1.807) is 12.1 Å².